The van der Waals surface area contributed by atoms with Gasteiger partial charge in [0.25, 0.3) is 0 Å². The standard InChI is InChI=1S/C41H30O27/c42-13-1-8(2-14(43)24(13)49)35(56)68-41-34-33-31(64-39(60)12(6-19(47)48)22-23-11(38(59)67-34)5-17(46)27(52)32(23)65-40(61)30(22)55)18(63-41)7-62-36(57)9-3-15(44)25(50)28(53)20(9)21-10(37(58)66-33)4-16(45)26(51)29(21)54/h1-5,12,18,22,30-31,33-34,41-46,49-55H,6-7H2,(H,47,48)/t12-,18?,22?,30-,31?,33?,34?,41?/m0/s1. The van der Waals surface area contributed by atoms with Crippen LogP contribution >= 0.6 is 0 Å². The van der Waals surface area contributed by atoms with Crippen molar-refractivity contribution in [2.24, 2.45) is 5.92 Å². The average molecular weight is 955 g/mol. The second-order valence-electron chi connectivity index (χ2n) is 15.2. The van der Waals surface area contributed by atoms with Gasteiger partial charge in [0, 0.05) is 22.6 Å². The van der Waals surface area contributed by atoms with Gasteiger partial charge in [0.1, 0.15) is 12.7 Å². The van der Waals surface area contributed by atoms with Crippen LogP contribution in [0.25, 0.3) is 11.1 Å². The Balaban J connectivity index is 1.39. The third kappa shape index (κ3) is 7.31. The van der Waals surface area contributed by atoms with Crippen LogP contribution in [0.2, 0.25) is 0 Å². The van der Waals surface area contributed by atoms with Crippen LogP contribution in [-0.4, -0.2) is 152 Å². The molecule has 27 heteroatoms. The molecule has 356 valence electrons. The van der Waals surface area contributed by atoms with Crippen molar-refractivity contribution >= 4 is 41.8 Å². The van der Waals surface area contributed by atoms with Gasteiger partial charge in [0.15, 0.2) is 70.1 Å². The van der Waals surface area contributed by atoms with Gasteiger partial charge in [-0.1, -0.05) is 0 Å². The number of aliphatic hydroxyl groups is 1. The molecule has 0 aromatic heterocycles. The molecule has 4 heterocycles. The van der Waals surface area contributed by atoms with Crippen molar-refractivity contribution in [2.45, 2.75) is 49.1 Å². The van der Waals surface area contributed by atoms with Crippen LogP contribution in [0.3, 0.4) is 0 Å². The van der Waals surface area contributed by atoms with Gasteiger partial charge in [-0.2, -0.15) is 0 Å². The molecule has 8 atom stereocenters. The summed E-state index contributed by atoms with van der Waals surface area (Å²) in [5.41, 5.74) is -7.08. The fourth-order valence-electron chi connectivity index (χ4n) is 8.04. The predicted molar refractivity (Wildman–Crippen MR) is 206 cm³/mol. The number of fused-ring (bicyclic) bond motifs is 3. The highest BCUT2D eigenvalue weighted by atomic mass is 16.7. The van der Waals surface area contributed by atoms with Crippen LogP contribution in [0.15, 0.2) is 30.3 Å². The minimum Gasteiger partial charge on any atom is -0.504 e. The number of esters is 6. The van der Waals surface area contributed by atoms with Crippen molar-refractivity contribution in [2.75, 3.05) is 6.61 Å². The first-order valence-corrected chi connectivity index (χ1v) is 19.2. The summed E-state index contributed by atoms with van der Waals surface area (Å²) in [7, 11) is 0. The van der Waals surface area contributed by atoms with Crippen molar-refractivity contribution in [3.05, 3.63) is 58.1 Å². The van der Waals surface area contributed by atoms with Crippen LogP contribution in [0.5, 0.6) is 69.0 Å². The van der Waals surface area contributed by atoms with E-state index in [-0.39, 0.29) is 0 Å². The molecule has 6 unspecified atom stereocenters. The quantitative estimate of drug-likeness (QED) is 0.0554. The lowest BCUT2D eigenvalue weighted by Crippen LogP contribution is -2.63. The maximum atomic E-state index is 14.6. The van der Waals surface area contributed by atoms with E-state index in [0.717, 1.165) is 0 Å². The van der Waals surface area contributed by atoms with Crippen LogP contribution < -0.4 is 4.74 Å². The van der Waals surface area contributed by atoms with Crippen LogP contribution in [0.1, 0.15) is 59.3 Å². The number of aliphatic hydroxyl groups excluding tert-OH is 1. The summed E-state index contributed by atoms with van der Waals surface area (Å²) in [6, 6.07) is 2.36. The molecule has 0 aliphatic carbocycles. The fraction of sp³-hybridized carbons (Fsp3) is 0.244. The maximum Gasteiger partial charge on any atom is 0.341 e. The number of benzene rings is 4. The number of carboxylic acids is 1. The van der Waals surface area contributed by atoms with Crippen molar-refractivity contribution in [3.63, 3.8) is 0 Å². The van der Waals surface area contributed by atoms with E-state index in [2.05, 4.69) is 0 Å². The number of carboxylic acid groups (broad SMARTS) is 1. The van der Waals surface area contributed by atoms with Crippen molar-refractivity contribution in [3.8, 4) is 80.1 Å². The Hall–Kier alpha value is -9.11. The Bertz CT molecular complexity index is 2900. The number of hydrogen-bond acceptors (Lipinski definition) is 26. The van der Waals surface area contributed by atoms with E-state index in [4.69, 9.17) is 33.2 Å². The van der Waals surface area contributed by atoms with Gasteiger partial charge in [0.05, 0.1) is 34.6 Å². The lowest BCUT2D eigenvalue weighted by molar-refractivity contribution is -0.287. The van der Waals surface area contributed by atoms with Gasteiger partial charge in [-0.25, -0.2) is 24.0 Å². The van der Waals surface area contributed by atoms with Gasteiger partial charge in [0.2, 0.25) is 29.6 Å². The van der Waals surface area contributed by atoms with Gasteiger partial charge < -0.3 is 99.5 Å². The first-order chi connectivity index (χ1) is 32.0. The molecule has 27 nitrogen and oxygen atoms in total. The van der Waals surface area contributed by atoms with E-state index in [1.54, 1.807) is 0 Å². The van der Waals surface area contributed by atoms with Gasteiger partial charge >= 0.3 is 41.8 Å². The molecule has 8 rings (SSSR count). The molecule has 13 N–H and O–H groups in total. The summed E-state index contributed by atoms with van der Waals surface area (Å²) in [6.07, 6.45) is -16.3. The summed E-state index contributed by atoms with van der Waals surface area (Å²) in [4.78, 5) is 96.8. The van der Waals surface area contributed by atoms with E-state index in [1.807, 2.05) is 0 Å². The summed E-state index contributed by atoms with van der Waals surface area (Å²) in [5.74, 6) is -32.0. The minimum atomic E-state index is -2.58. The molecule has 0 radical (unpaired) electrons. The zero-order valence-corrected chi connectivity index (χ0v) is 33.4. The Morgan fingerprint density at radius 3 is 1.69 bits per heavy atom. The smallest absolute Gasteiger partial charge is 0.341 e. The zero-order chi connectivity index (χ0) is 49.5. The minimum absolute atomic E-state index is 0.361. The van der Waals surface area contributed by atoms with E-state index >= 15 is 0 Å². The molecule has 4 aromatic rings. The first kappa shape index (κ1) is 45.5. The molecule has 4 aliphatic heterocycles. The third-order valence-electron chi connectivity index (χ3n) is 11.2. The molecule has 1 saturated heterocycles. The number of ether oxygens (including phenoxy) is 7. The maximum absolute atomic E-state index is 14.6. The molecule has 1 fully saturated rings. The Labute approximate surface area is 374 Å². The zero-order valence-electron chi connectivity index (χ0n) is 33.4. The lowest BCUT2D eigenvalue weighted by Gasteiger charge is -2.44. The molecule has 4 aromatic carbocycles. The number of phenols is 11. The summed E-state index contributed by atoms with van der Waals surface area (Å²) in [6.45, 7) is -1.31. The Morgan fingerprint density at radius 2 is 1.10 bits per heavy atom. The molecule has 4 bridgehead atoms. The molecule has 4 aliphatic rings. The molecule has 68 heavy (non-hydrogen) atoms. The number of aliphatic carboxylic acids is 1. The van der Waals surface area contributed by atoms with Crippen LogP contribution in [0, 0.1) is 5.92 Å². The molecule has 0 spiro atoms. The number of phenolic OH excluding ortho intramolecular Hbond substituents is 11. The van der Waals surface area contributed by atoms with Crippen molar-refractivity contribution in [1.82, 2.24) is 0 Å². The summed E-state index contributed by atoms with van der Waals surface area (Å²) < 4.78 is 38.8. The van der Waals surface area contributed by atoms with E-state index in [9.17, 15) is 99.9 Å². The van der Waals surface area contributed by atoms with Gasteiger partial charge in [-0.3, -0.25) is 9.59 Å². The van der Waals surface area contributed by atoms with Gasteiger partial charge in [-0.05, 0) is 30.3 Å². The van der Waals surface area contributed by atoms with Gasteiger partial charge in [-0.15, -0.1) is 0 Å². The average Bonchev–Trinajstić information content (AvgIpc) is 3.28. The normalized spacial score (nSPS) is 24.3. The Morgan fingerprint density at radius 1 is 0.588 bits per heavy atom. The number of carbonyl (C=O) groups is 7. The molecular weight excluding hydrogens is 924 g/mol. The topological polar surface area (TPSA) is 447 Å². The lowest BCUT2D eigenvalue weighted by atomic mass is 9.76. The predicted octanol–water partition coefficient (Wildman–Crippen LogP) is -0.00170. The van der Waals surface area contributed by atoms with E-state index < -0.39 is 211 Å². The van der Waals surface area contributed by atoms with Crippen molar-refractivity contribution in [1.29, 1.82) is 0 Å². The highest BCUT2D eigenvalue weighted by molar-refractivity contribution is 6.08. The highest BCUT2D eigenvalue weighted by Crippen LogP contribution is 2.54. The largest absolute Gasteiger partial charge is 0.504 e. The SMILES string of the molecule is O=C(O)C[C@@H]1C(=O)OC2C3COC(=O)c4cc(O)c(O)c(O)c4-c4c(cc(O)c(O)c4O)C(=O)OC2C(OC(=O)c2cc(O)c(O)c4c2C1[C@H](O)C(=O)O4)C(OC(=O)c1cc(O)c(O)c(O)c1)O3. The Kier molecular flexibility index (Phi) is 11.0. The monoisotopic (exact) mass is 954 g/mol. The van der Waals surface area contributed by atoms with Crippen molar-refractivity contribution < 1.29 is 133 Å². The van der Waals surface area contributed by atoms with E-state index in [1.165, 1.54) is 0 Å². The number of carbonyl (C=O) groups excluding carboxylic acids is 6. The fourth-order valence-corrected chi connectivity index (χ4v) is 8.04. The molecule has 0 saturated carbocycles. The molecule has 0 amide bonds. The number of hydrogen-bond donors (Lipinski definition) is 13. The summed E-state index contributed by atoms with van der Waals surface area (Å²) >= 11 is 0. The van der Waals surface area contributed by atoms with Crippen LogP contribution in [0.4, 0.5) is 0 Å². The first-order valence-electron chi connectivity index (χ1n) is 19.2. The second-order valence-corrected chi connectivity index (χ2v) is 15.2. The number of rotatable bonds is 4. The second kappa shape index (κ2) is 16.4. The third-order valence-corrected chi connectivity index (χ3v) is 11.2. The highest BCUT2D eigenvalue weighted by Gasteiger charge is 2.58. The summed E-state index contributed by atoms with van der Waals surface area (Å²) in [5, 5.41) is 137. The molecular formula is C41H30O27. The van der Waals surface area contributed by atoms with E-state index in [0.29, 0.717) is 30.3 Å². The number of cyclic esters (lactones) is 1. The number of aromatic hydroxyl groups is 11. The van der Waals surface area contributed by atoms with Crippen LogP contribution in [-0.2, 0) is 42.8 Å².